The Kier molecular flexibility index (Phi) is 8.67. The molecule has 1 aromatic carbocycles. The SMILES string of the molecule is CN(C)C(=O)c1cccnc1NCCCN1CCN(c2ccc(F)cc2)CC1.Cl. The molecule has 1 aliphatic rings. The van der Waals surface area contributed by atoms with Crippen LogP contribution in [0.4, 0.5) is 15.9 Å². The van der Waals surface area contributed by atoms with Crippen LogP contribution in [0, 0.1) is 5.82 Å². The van der Waals surface area contributed by atoms with Crippen LogP contribution in [0.25, 0.3) is 0 Å². The number of aromatic nitrogens is 1. The summed E-state index contributed by atoms with van der Waals surface area (Å²) in [4.78, 5) is 22.8. The van der Waals surface area contributed by atoms with E-state index >= 15 is 0 Å². The van der Waals surface area contributed by atoms with Gasteiger partial charge in [-0.15, -0.1) is 12.4 Å². The molecule has 1 N–H and O–H groups in total. The monoisotopic (exact) mass is 421 g/mol. The smallest absolute Gasteiger partial charge is 0.257 e. The summed E-state index contributed by atoms with van der Waals surface area (Å²) in [5.41, 5.74) is 1.68. The van der Waals surface area contributed by atoms with Crippen molar-refractivity contribution in [3.63, 3.8) is 0 Å². The van der Waals surface area contributed by atoms with Gasteiger partial charge in [-0.3, -0.25) is 9.69 Å². The number of pyridine rings is 1. The lowest BCUT2D eigenvalue weighted by Gasteiger charge is -2.36. The number of benzene rings is 1. The number of rotatable bonds is 7. The third-order valence-electron chi connectivity index (χ3n) is 4.95. The molecule has 3 rings (SSSR count). The maximum Gasteiger partial charge on any atom is 0.257 e. The van der Waals surface area contributed by atoms with E-state index in [1.807, 2.05) is 12.1 Å². The molecule has 0 unspecified atom stereocenters. The molecular weight excluding hydrogens is 393 g/mol. The van der Waals surface area contributed by atoms with Crippen LogP contribution < -0.4 is 10.2 Å². The van der Waals surface area contributed by atoms with Crippen molar-refractivity contribution < 1.29 is 9.18 Å². The fourth-order valence-electron chi connectivity index (χ4n) is 3.35. The fraction of sp³-hybridized carbons (Fsp3) is 0.429. The molecule has 8 heteroatoms. The van der Waals surface area contributed by atoms with Crippen molar-refractivity contribution in [3.05, 3.63) is 54.0 Å². The van der Waals surface area contributed by atoms with Crippen molar-refractivity contribution in [3.8, 4) is 0 Å². The number of anilines is 2. The second-order valence-electron chi connectivity index (χ2n) is 7.18. The van der Waals surface area contributed by atoms with Gasteiger partial charge in [0.1, 0.15) is 11.6 Å². The van der Waals surface area contributed by atoms with E-state index in [9.17, 15) is 9.18 Å². The van der Waals surface area contributed by atoms with Crippen molar-refractivity contribution in [2.24, 2.45) is 0 Å². The Balaban J connectivity index is 0.00000300. The first-order valence-corrected chi connectivity index (χ1v) is 9.68. The zero-order valence-electron chi connectivity index (χ0n) is 17.0. The summed E-state index contributed by atoms with van der Waals surface area (Å²) < 4.78 is 13.1. The van der Waals surface area contributed by atoms with Crippen LogP contribution in [0.5, 0.6) is 0 Å². The molecule has 0 bridgehead atoms. The maximum atomic E-state index is 13.1. The van der Waals surface area contributed by atoms with E-state index in [4.69, 9.17) is 0 Å². The second-order valence-corrected chi connectivity index (χ2v) is 7.18. The molecule has 2 heterocycles. The molecule has 2 aromatic rings. The largest absolute Gasteiger partial charge is 0.369 e. The lowest BCUT2D eigenvalue weighted by Crippen LogP contribution is -2.46. The summed E-state index contributed by atoms with van der Waals surface area (Å²) >= 11 is 0. The highest BCUT2D eigenvalue weighted by Crippen LogP contribution is 2.17. The third-order valence-corrected chi connectivity index (χ3v) is 4.95. The number of hydrogen-bond donors (Lipinski definition) is 1. The highest BCUT2D eigenvalue weighted by Gasteiger charge is 2.17. The Morgan fingerprint density at radius 3 is 2.48 bits per heavy atom. The van der Waals surface area contributed by atoms with Crippen LogP contribution in [-0.2, 0) is 0 Å². The zero-order chi connectivity index (χ0) is 19.9. The van der Waals surface area contributed by atoms with Crippen LogP contribution in [-0.4, -0.2) is 74.1 Å². The number of amides is 1. The molecule has 1 amide bonds. The van der Waals surface area contributed by atoms with Gasteiger partial charge in [0.25, 0.3) is 5.91 Å². The summed E-state index contributed by atoms with van der Waals surface area (Å²) in [5, 5.41) is 3.30. The fourth-order valence-corrected chi connectivity index (χ4v) is 3.35. The minimum Gasteiger partial charge on any atom is -0.369 e. The minimum atomic E-state index is -0.196. The molecule has 1 aliphatic heterocycles. The van der Waals surface area contributed by atoms with Gasteiger partial charge >= 0.3 is 0 Å². The first kappa shape index (κ1) is 22.9. The predicted molar refractivity (Wildman–Crippen MR) is 118 cm³/mol. The first-order valence-electron chi connectivity index (χ1n) is 9.68. The maximum absolute atomic E-state index is 13.1. The summed E-state index contributed by atoms with van der Waals surface area (Å²) in [5.74, 6) is 0.396. The Morgan fingerprint density at radius 1 is 1.14 bits per heavy atom. The van der Waals surface area contributed by atoms with E-state index in [1.54, 1.807) is 37.3 Å². The summed E-state index contributed by atoms with van der Waals surface area (Å²) in [6.07, 6.45) is 2.67. The van der Waals surface area contributed by atoms with Gasteiger partial charge in [-0.1, -0.05) is 0 Å². The number of piperazine rings is 1. The van der Waals surface area contributed by atoms with Crippen LogP contribution in [0.2, 0.25) is 0 Å². The summed E-state index contributed by atoms with van der Waals surface area (Å²) in [6.45, 7) is 5.63. The standard InChI is InChI=1S/C21H28FN5O.ClH/c1-25(2)21(28)19-5-3-10-23-20(19)24-11-4-12-26-13-15-27(16-14-26)18-8-6-17(22)7-9-18;/h3,5-10H,4,11-16H2,1-2H3,(H,23,24);1H. The second kappa shape index (κ2) is 11.0. The quantitative estimate of drug-likeness (QED) is 0.696. The van der Waals surface area contributed by atoms with Crippen LogP contribution in [0.3, 0.4) is 0 Å². The molecule has 1 fully saturated rings. The summed E-state index contributed by atoms with van der Waals surface area (Å²) in [7, 11) is 3.48. The van der Waals surface area contributed by atoms with E-state index in [-0.39, 0.29) is 24.1 Å². The van der Waals surface area contributed by atoms with Gasteiger partial charge in [-0.2, -0.15) is 0 Å². The first-order chi connectivity index (χ1) is 13.5. The molecule has 158 valence electrons. The molecule has 1 aromatic heterocycles. The van der Waals surface area contributed by atoms with Gasteiger partial charge in [0, 0.05) is 58.7 Å². The van der Waals surface area contributed by atoms with Crippen LogP contribution >= 0.6 is 12.4 Å². The van der Waals surface area contributed by atoms with Crippen molar-refractivity contribution in [1.82, 2.24) is 14.8 Å². The molecule has 0 spiro atoms. The van der Waals surface area contributed by atoms with Crippen LogP contribution in [0.15, 0.2) is 42.6 Å². The normalized spacial score (nSPS) is 14.2. The highest BCUT2D eigenvalue weighted by atomic mass is 35.5. The Labute approximate surface area is 178 Å². The number of nitrogens with one attached hydrogen (secondary N) is 1. The van der Waals surface area contributed by atoms with Gasteiger partial charge in [0.15, 0.2) is 0 Å². The lowest BCUT2D eigenvalue weighted by molar-refractivity contribution is 0.0828. The van der Waals surface area contributed by atoms with Gasteiger partial charge in [-0.05, 0) is 49.4 Å². The third kappa shape index (κ3) is 6.30. The average molecular weight is 422 g/mol. The van der Waals surface area contributed by atoms with Crippen molar-refractivity contribution in [1.29, 1.82) is 0 Å². The average Bonchev–Trinajstić information content (AvgIpc) is 2.72. The Morgan fingerprint density at radius 2 is 1.83 bits per heavy atom. The predicted octanol–water partition coefficient (Wildman–Crippen LogP) is 2.97. The molecule has 0 saturated carbocycles. The molecule has 1 saturated heterocycles. The van der Waals surface area contributed by atoms with Gasteiger partial charge < -0.3 is 15.1 Å². The number of halogens is 2. The number of nitrogens with zero attached hydrogens (tertiary/aromatic N) is 4. The Hall–Kier alpha value is -2.38. The number of carbonyl (C=O) groups is 1. The molecule has 0 radical (unpaired) electrons. The number of hydrogen-bond acceptors (Lipinski definition) is 5. The van der Waals surface area contributed by atoms with E-state index in [1.165, 1.54) is 12.1 Å². The summed E-state index contributed by atoms with van der Waals surface area (Å²) in [6, 6.07) is 10.3. The lowest BCUT2D eigenvalue weighted by atomic mass is 10.2. The van der Waals surface area contributed by atoms with Crippen molar-refractivity contribution >= 4 is 29.8 Å². The Bertz CT molecular complexity index is 779. The topological polar surface area (TPSA) is 51.7 Å². The van der Waals surface area contributed by atoms with Crippen LogP contribution in [0.1, 0.15) is 16.8 Å². The van der Waals surface area contributed by atoms with Gasteiger partial charge in [0.2, 0.25) is 0 Å². The van der Waals surface area contributed by atoms with E-state index in [0.717, 1.165) is 51.4 Å². The van der Waals surface area contributed by atoms with Crippen molar-refractivity contribution in [2.75, 3.05) is 63.6 Å². The molecule has 0 aliphatic carbocycles. The number of carbonyl (C=O) groups excluding carboxylic acids is 1. The highest BCUT2D eigenvalue weighted by molar-refractivity contribution is 5.98. The van der Waals surface area contributed by atoms with E-state index in [0.29, 0.717) is 11.4 Å². The van der Waals surface area contributed by atoms with Gasteiger partial charge in [0.05, 0.1) is 5.56 Å². The molecule has 0 atom stereocenters. The van der Waals surface area contributed by atoms with Gasteiger partial charge in [-0.25, -0.2) is 9.37 Å². The van der Waals surface area contributed by atoms with Crippen molar-refractivity contribution in [2.45, 2.75) is 6.42 Å². The minimum absolute atomic E-state index is 0. The molecule has 29 heavy (non-hydrogen) atoms. The molecule has 6 nitrogen and oxygen atoms in total. The zero-order valence-corrected chi connectivity index (χ0v) is 17.8. The van der Waals surface area contributed by atoms with E-state index < -0.39 is 0 Å². The molecular formula is C21H29ClFN5O. The van der Waals surface area contributed by atoms with E-state index in [2.05, 4.69) is 20.1 Å².